The lowest BCUT2D eigenvalue weighted by atomic mass is 10.1. The molecule has 3 heteroatoms. The van der Waals surface area contributed by atoms with Crippen molar-refractivity contribution < 1.29 is 5.11 Å². The summed E-state index contributed by atoms with van der Waals surface area (Å²) in [6.45, 7) is 3.23. The van der Waals surface area contributed by atoms with Crippen LogP contribution >= 0.6 is 0 Å². The van der Waals surface area contributed by atoms with Crippen LogP contribution in [0.1, 0.15) is 36.7 Å². The van der Waals surface area contributed by atoms with Crippen molar-refractivity contribution in [3.05, 3.63) is 41.2 Å². The molecule has 1 N–H and O–H groups in total. The maximum atomic E-state index is 9.46. The van der Waals surface area contributed by atoms with Crippen LogP contribution in [0, 0.1) is 0 Å². The van der Waals surface area contributed by atoms with E-state index in [2.05, 4.69) is 40.7 Å². The van der Waals surface area contributed by atoms with Gasteiger partial charge in [-0.3, -0.25) is 0 Å². The van der Waals surface area contributed by atoms with Crippen LogP contribution in [0.5, 0.6) is 0 Å². The lowest BCUT2D eigenvalue weighted by molar-refractivity contribution is 0.275. The first-order valence-corrected chi connectivity index (χ1v) is 7.12. The number of benzene rings is 1. The molecule has 3 rings (SSSR count). The van der Waals surface area contributed by atoms with Gasteiger partial charge in [-0.2, -0.15) is 0 Å². The van der Waals surface area contributed by atoms with E-state index in [0.29, 0.717) is 0 Å². The van der Waals surface area contributed by atoms with Gasteiger partial charge in [0, 0.05) is 17.8 Å². The van der Waals surface area contributed by atoms with Gasteiger partial charge in [-0.25, -0.2) is 4.98 Å². The van der Waals surface area contributed by atoms with Crippen molar-refractivity contribution in [1.29, 1.82) is 0 Å². The minimum atomic E-state index is 0.0440. The predicted molar refractivity (Wildman–Crippen MR) is 75.9 cm³/mol. The molecule has 1 aromatic carbocycles. The number of aliphatic hydroxyl groups excluding tert-OH is 1. The molecule has 0 aliphatic carbocycles. The molecule has 0 saturated carbocycles. The van der Waals surface area contributed by atoms with E-state index >= 15 is 0 Å². The third-order valence-corrected chi connectivity index (χ3v) is 3.97. The molecule has 0 spiro atoms. The molecule has 0 bridgehead atoms. The molecule has 0 saturated heterocycles. The number of imidazole rings is 1. The third-order valence-electron chi connectivity index (χ3n) is 3.97. The highest BCUT2D eigenvalue weighted by Crippen LogP contribution is 2.27. The van der Waals surface area contributed by atoms with Crippen LogP contribution in [0.4, 0.5) is 0 Å². The Morgan fingerprint density at radius 1 is 1.21 bits per heavy atom. The van der Waals surface area contributed by atoms with Crippen LogP contribution in [-0.4, -0.2) is 14.7 Å². The summed E-state index contributed by atoms with van der Waals surface area (Å²) in [6.07, 6.45) is 4.50. The van der Waals surface area contributed by atoms with Gasteiger partial charge in [0.05, 0.1) is 12.3 Å². The van der Waals surface area contributed by atoms with Gasteiger partial charge in [-0.15, -0.1) is 0 Å². The maximum absolute atomic E-state index is 9.46. The number of aryl methyl sites for hydroxylation is 1. The molecule has 0 radical (unpaired) electrons. The van der Waals surface area contributed by atoms with E-state index in [1.807, 2.05) is 0 Å². The van der Waals surface area contributed by atoms with Crippen LogP contribution < -0.4 is 0 Å². The second-order valence-electron chi connectivity index (χ2n) is 5.15. The van der Waals surface area contributed by atoms with E-state index in [-0.39, 0.29) is 6.61 Å². The van der Waals surface area contributed by atoms with E-state index in [0.717, 1.165) is 36.5 Å². The Bertz CT molecular complexity index is 569. The Labute approximate surface area is 113 Å². The van der Waals surface area contributed by atoms with Crippen molar-refractivity contribution in [2.45, 2.75) is 45.8 Å². The van der Waals surface area contributed by atoms with E-state index in [1.165, 1.54) is 24.1 Å². The third kappa shape index (κ3) is 2.19. The molecule has 19 heavy (non-hydrogen) atoms. The molecule has 1 aromatic heterocycles. The van der Waals surface area contributed by atoms with Gasteiger partial charge < -0.3 is 9.67 Å². The predicted octanol–water partition coefficient (Wildman–Crippen LogP) is 2.94. The van der Waals surface area contributed by atoms with Gasteiger partial charge in [0.2, 0.25) is 0 Å². The first-order valence-electron chi connectivity index (χ1n) is 7.12. The van der Waals surface area contributed by atoms with Crippen LogP contribution in [0.15, 0.2) is 24.3 Å². The quantitative estimate of drug-likeness (QED) is 0.917. The number of aromatic nitrogens is 2. The Kier molecular flexibility index (Phi) is 3.38. The van der Waals surface area contributed by atoms with E-state index in [1.54, 1.807) is 0 Å². The highest BCUT2D eigenvalue weighted by atomic mass is 16.3. The van der Waals surface area contributed by atoms with Crippen LogP contribution in [0.2, 0.25) is 0 Å². The monoisotopic (exact) mass is 256 g/mol. The fourth-order valence-electron chi connectivity index (χ4n) is 2.86. The van der Waals surface area contributed by atoms with Crippen LogP contribution in [0.3, 0.4) is 0 Å². The number of rotatable bonds is 3. The van der Waals surface area contributed by atoms with E-state index in [4.69, 9.17) is 0 Å². The summed E-state index contributed by atoms with van der Waals surface area (Å²) in [5.41, 5.74) is 4.58. The fourth-order valence-corrected chi connectivity index (χ4v) is 2.86. The second kappa shape index (κ2) is 5.17. The molecule has 0 amide bonds. The van der Waals surface area contributed by atoms with Gasteiger partial charge in [-0.05, 0) is 31.2 Å². The molecule has 0 fully saturated rings. The molecule has 0 unspecified atom stereocenters. The molecule has 3 nitrogen and oxygen atoms in total. The smallest absolute Gasteiger partial charge is 0.140 e. The van der Waals surface area contributed by atoms with Crippen molar-refractivity contribution >= 4 is 0 Å². The van der Waals surface area contributed by atoms with Crippen molar-refractivity contribution in [3.8, 4) is 11.4 Å². The van der Waals surface area contributed by atoms with Gasteiger partial charge >= 0.3 is 0 Å². The standard InChI is InChI=1S/C16H20N2O/c1-2-12-6-8-13(9-7-12)16-17-14(11-19)15-5-3-4-10-18(15)16/h6-9,19H,2-5,10-11H2,1H3. The summed E-state index contributed by atoms with van der Waals surface area (Å²) in [4.78, 5) is 4.65. The van der Waals surface area contributed by atoms with Crippen LogP contribution in [-0.2, 0) is 26.0 Å². The zero-order chi connectivity index (χ0) is 13.2. The lowest BCUT2D eigenvalue weighted by Crippen LogP contribution is -2.12. The fraction of sp³-hybridized carbons (Fsp3) is 0.438. The lowest BCUT2D eigenvalue weighted by Gasteiger charge is -2.17. The molecular formula is C16H20N2O. The Morgan fingerprint density at radius 2 is 2.00 bits per heavy atom. The second-order valence-corrected chi connectivity index (χ2v) is 5.15. The number of fused-ring (bicyclic) bond motifs is 1. The first kappa shape index (κ1) is 12.4. The van der Waals surface area contributed by atoms with Gasteiger partial charge in [0.25, 0.3) is 0 Å². The Morgan fingerprint density at radius 3 is 2.68 bits per heavy atom. The molecule has 2 aromatic rings. The number of aliphatic hydroxyl groups is 1. The van der Waals surface area contributed by atoms with Gasteiger partial charge in [-0.1, -0.05) is 31.2 Å². The summed E-state index contributed by atoms with van der Waals surface area (Å²) in [6, 6.07) is 8.62. The molecular weight excluding hydrogens is 236 g/mol. The Balaban J connectivity index is 2.06. The van der Waals surface area contributed by atoms with Crippen molar-refractivity contribution in [2.24, 2.45) is 0 Å². The minimum Gasteiger partial charge on any atom is -0.390 e. The summed E-state index contributed by atoms with van der Waals surface area (Å²) < 4.78 is 2.29. The molecule has 100 valence electrons. The summed E-state index contributed by atoms with van der Waals surface area (Å²) in [5, 5.41) is 9.46. The summed E-state index contributed by atoms with van der Waals surface area (Å²) in [7, 11) is 0. The SMILES string of the molecule is CCc1ccc(-c2nc(CO)c3n2CCCC3)cc1. The molecule has 0 atom stereocenters. The molecule has 1 aliphatic heterocycles. The topological polar surface area (TPSA) is 38.1 Å². The number of nitrogens with zero attached hydrogens (tertiary/aromatic N) is 2. The van der Waals surface area contributed by atoms with E-state index < -0.39 is 0 Å². The molecule has 2 heterocycles. The average molecular weight is 256 g/mol. The highest BCUT2D eigenvalue weighted by molar-refractivity contribution is 5.57. The number of hydrogen-bond donors (Lipinski definition) is 1. The zero-order valence-electron chi connectivity index (χ0n) is 11.4. The van der Waals surface area contributed by atoms with Crippen molar-refractivity contribution in [2.75, 3.05) is 0 Å². The maximum Gasteiger partial charge on any atom is 0.140 e. The van der Waals surface area contributed by atoms with Gasteiger partial charge in [0.1, 0.15) is 5.82 Å². The molecule has 1 aliphatic rings. The van der Waals surface area contributed by atoms with Crippen molar-refractivity contribution in [1.82, 2.24) is 9.55 Å². The van der Waals surface area contributed by atoms with Crippen LogP contribution in [0.25, 0.3) is 11.4 Å². The number of hydrogen-bond acceptors (Lipinski definition) is 2. The first-order chi connectivity index (χ1) is 9.33. The Hall–Kier alpha value is -1.61. The normalized spacial score (nSPS) is 14.4. The minimum absolute atomic E-state index is 0.0440. The summed E-state index contributed by atoms with van der Waals surface area (Å²) >= 11 is 0. The van der Waals surface area contributed by atoms with E-state index in [9.17, 15) is 5.11 Å². The van der Waals surface area contributed by atoms with Gasteiger partial charge in [0.15, 0.2) is 0 Å². The largest absolute Gasteiger partial charge is 0.390 e. The van der Waals surface area contributed by atoms with Crippen molar-refractivity contribution in [3.63, 3.8) is 0 Å². The highest BCUT2D eigenvalue weighted by Gasteiger charge is 2.20. The zero-order valence-corrected chi connectivity index (χ0v) is 11.4. The average Bonchev–Trinajstić information content (AvgIpc) is 2.86. The summed E-state index contributed by atoms with van der Waals surface area (Å²) in [5.74, 6) is 1.02.